The summed E-state index contributed by atoms with van der Waals surface area (Å²) in [4.78, 5) is 13.3. The number of methoxy groups -OCH3 is 1. The minimum atomic E-state index is -3.69. The molecule has 0 aliphatic carbocycles. The number of hydrogen-bond acceptors (Lipinski definition) is 9. The molecule has 0 spiro atoms. The third kappa shape index (κ3) is 3.97. The smallest absolute Gasteiger partial charge is 0.201 e. The zero-order valence-electron chi connectivity index (χ0n) is 20.6. The number of hydrogen-bond donors (Lipinski definition) is 2. The fourth-order valence-electron chi connectivity index (χ4n) is 5.63. The molecule has 2 fully saturated rings. The third-order valence-electron chi connectivity index (χ3n) is 7.36. The average Bonchev–Trinajstić information content (AvgIpc) is 3.47. The number of rotatable bonds is 5. The van der Waals surface area contributed by atoms with Gasteiger partial charge in [0, 0.05) is 47.8 Å². The van der Waals surface area contributed by atoms with Gasteiger partial charge in [-0.2, -0.15) is 14.0 Å². The van der Waals surface area contributed by atoms with Crippen molar-refractivity contribution in [2.24, 2.45) is 0 Å². The lowest BCUT2D eigenvalue weighted by molar-refractivity contribution is 0.355. The second kappa shape index (κ2) is 8.95. The van der Waals surface area contributed by atoms with Crippen molar-refractivity contribution >= 4 is 21.3 Å². The van der Waals surface area contributed by atoms with Gasteiger partial charge in [0.25, 0.3) is 0 Å². The molecule has 3 N–H and O–H groups in total. The van der Waals surface area contributed by atoms with E-state index in [-0.39, 0.29) is 33.8 Å². The van der Waals surface area contributed by atoms with Crippen LogP contribution in [0.5, 0.6) is 5.75 Å². The molecule has 4 aromatic rings. The number of benzene rings is 1. The second-order valence-corrected chi connectivity index (χ2v) is 11.8. The highest BCUT2D eigenvalue weighted by molar-refractivity contribution is 7.91. The number of halogens is 2. The number of piperidine rings is 1. The lowest BCUT2D eigenvalue weighted by Crippen LogP contribution is -2.38. The molecule has 6 rings (SSSR count). The van der Waals surface area contributed by atoms with Gasteiger partial charge in [-0.1, -0.05) is 0 Å². The molecule has 10 nitrogen and oxygen atoms in total. The molecule has 38 heavy (non-hydrogen) atoms. The van der Waals surface area contributed by atoms with Crippen molar-refractivity contribution in [2.75, 3.05) is 19.1 Å². The summed E-state index contributed by atoms with van der Waals surface area (Å²) < 4.78 is 60.5. The summed E-state index contributed by atoms with van der Waals surface area (Å²) >= 11 is 0. The maximum atomic E-state index is 14.6. The minimum Gasteiger partial charge on any atom is -0.494 e. The standard InChI is InChI=1S/C25H25F2N7O3S/c1-37-18-6-5-16(19(26)20(18)27)24-29-9-13(10-30-24)17-11-31-34-23(28)22(38(2,35)36)21(33-25(17)34)12-7-14-3-4-15(8-12)32-14/h5-6,9-12,14-15,32H,3-4,7-8,28H2,1-2H3. The Morgan fingerprint density at radius 1 is 1.05 bits per heavy atom. The Bertz CT molecular complexity index is 1660. The Morgan fingerprint density at radius 2 is 1.74 bits per heavy atom. The van der Waals surface area contributed by atoms with Crippen LogP contribution in [0.15, 0.2) is 35.6 Å². The fraction of sp³-hybridized carbons (Fsp3) is 0.360. The summed E-state index contributed by atoms with van der Waals surface area (Å²) in [5.74, 6) is -2.54. The lowest BCUT2D eigenvalue weighted by atomic mass is 9.89. The summed E-state index contributed by atoms with van der Waals surface area (Å²) in [6, 6.07) is 3.28. The van der Waals surface area contributed by atoms with Crippen LogP contribution in [0, 0.1) is 11.6 Å². The molecular weight excluding hydrogens is 516 g/mol. The van der Waals surface area contributed by atoms with Crippen molar-refractivity contribution < 1.29 is 21.9 Å². The Labute approximate surface area is 217 Å². The van der Waals surface area contributed by atoms with E-state index in [1.54, 1.807) is 0 Å². The van der Waals surface area contributed by atoms with E-state index >= 15 is 0 Å². The van der Waals surface area contributed by atoms with Gasteiger partial charge in [0.15, 0.2) is 32.9 Å². The van der Waals surface area contributed by atoms with Crippen molar-refractivity contribution in [1.82, 2.24) is 29.9 Å². The number of nitrogens with two attached hydrogens (primary N) is 1. The molecule has 3 aromatic heterocycles. The van der Waals surface area contributed by atoms with Crippen molar-refractivity contribution in [3.8, 4) is 28.3 Å². The normalized spacial score (nSPS) is 21.2. The molecule has 0 amide bonds. The summed E-state index contributed by atoms with van der Waals surface area (Å²) in [7, 11) is -2.44. The summed E-state index contributed by atoms with van der Waals surface area (Å²) in [6.07, 6.45) is 9.18. The Kier molecular flexibility index (Phi) is 5.80. The molecule has 2 unspecified atom stereocenters. The van der Waals surface area contributed by atoms with Crippen molar-refractivity contribution in [2.45, 2.75) is 48.6 Å². The number of nitrogen functional groups attached to an aromatic ring is 1. The number of nitrogens with zero attached hydrogens (tertiary/aromatic N) is 5. The van der Waals surface area contributed by atoms with Crippen molar-refractivity contribution in [1.29, 1.82) is 0 Å². The molecule has 2 saturated heterocycles. The second-order valence-electron chi connectivity index (χ2n) is 9.82. The highest BCUT2D eigenvalue weighted by atomic mass is 32.2. The molecular formula is C25H25F2N7O3S. The van der Waals surface area contributed by atoms with Crippen molar-refractivity contribution in [3.05, 3.63) is 48.1 Å². The van der Waals surface area contributed by atoms with Crippen molar-refractivity contribution in [3.63, 3.8) is 0 Å². The van der Waals surface area contributed by atoms with E-state index in [1.165, 1.54) is 42.3 Å². The van der Waals surface area contributed by atoms with Crippen LogP contribution in [0.1, 0.15) is 37.3 Å². The van der Waals surface area contributed by atoms with Gasteiger partial charge in [0.2, 0.25) is 5.82 Å². The first-order valence-electron chi connectivity index (χ1n) is 12.1. The van der Waals surface area contributed by atoms with Crippen LogP contribution in [0.25, 0.3) is 28.2 Å². The molecule has 2 aliphatic rings. The molecule has 198 valence electrons. The average molecular weight is 542 g/mol. The van der Waals surface area contributed by atoms with E-state index < -0.39 is 21.5 Å². The number of sulfone groups is 1. The minimum absolute atomic E-state index is 0.00190. The molecule has 2 aliphatic heterocycles. The SMILES string of the molecule is COc1ccc(-c2ncc(-c3cnn4c(N)c(S(C)(=O)=O)c(C5CC6CCC(C5)N6)nc34)cn2)c(F)c1F. The van der Waals surface area contributed by atoms with Crippen LogP contribution in [-0.4, -0.2) is 58.4 Å². The van der Waals surface area contributed by atoms with Crippen LogP contribution < -0.4 is 15.8 Å². The first kappa shape index (κ1) is 24.6. The maximum absolute atomic E-state index is 14.6. The van der Waals surface area contributed by atoms with E-state index in [0.29, 0.717) is 34.6 Å². The highest BCUT2D eigenvalue weighted by Crippen LogP contribution is 2.41. The zero-order valence-corrected chi connectivity index (χ0v) is 21.5. The monoisotopic (exact) mass is 541 g/mol. The number of ether oxygens (including phenoxy) is 1. The molecule has 2 bridgehead atoms. The van der Waals surface area contributed by atoms with Gasteiger partial charge < -0.3 is 15.8 Å². The van der Waals surface area contributed by atoms with Gasteiger partial charge in [-0.3, -0.25) is 0 Å². The van der Waals surface area contributed by atoms with Gasteiger partial charge in [0.05, 0.1) is 24.6 Å². The van der Waals surface area contributed by atoms with Gasteiger partial charge in [0.1, 0.15) is 10.7 Å². The summed E-state index contributed by atoms with van der Waals surface area (Å²) in [5, 5.41) is 7.86. The molecule has 1 aromatic carbocycles. The quantitative estimate of drug-likeness (QED) is 0.390. The third-order valence-corrected chi connectivity index (χ3v) is 8.52. The molecule has 2 atom stereocenters. The van der Waals surface area contributed by atoms with E-state index in [9.17, 15) is 17.2 Å². The first-order valence-corrected chi connectivity index (χ1v) is 14.0. The molecule has 13 heteroatoms. The van der Waals surface area contributed by atoms with E-state index in [4.69, 9.17) is 15.5 Å². The summed E-state index contributed by atoms with van der Waals surface area (Å²) in [6.45, 7) is 0. The number of fused-ring (bicyclic) bond motifs is 3. The van der Waals surface area contributed by atoms with Gasteiger partial charge in [-0.25, -0.2) is 27.8 Å². The summed E-state index contributed by atoms with van der Waals surface area (Å²) in [5.41, 5.74) is 8.13. The van der Waals surface area contributed by atoms with Gasteiger partial charge in [-0.15, -0.1) is 0 Å². The van der Waals surface area contributed by atoms with Crippen LogP contribution in [0.3, 0.4) is 0 Å². The number of aromatic nitrogens is 5. The highest BCUT2D eigenvalue weighted by Gasteiger charge is 2.38. The fourth-order valence-corrected chi connectivity index (χ4v) is 6.69. The van der Waals surface area contributed by atoms with Crippen LogP contribution in [0.2, 0.25) is 0 Å². The molecule has 5 heterocycles. The predicted octanol–water partition coefficient (Wildman–Crippen LogP) is 3.12. The predicted molar refractivity (Wildman–Crippen MR) is 135 cm³/mol. The molecule has 0 radical (unpaired) electrons. The van der Waals surface area contributed by atoms with Crippen LogP contribution in [0.4, 0.5) is 14.6 Å². The van der Waals surface area contributed by atoms with Gasteiger partial charge >= 0.3 is 0 Å². The topological polar surface area (TPSA) is 137 Å². The maximum Gasteiger partial charge on any atom is 0.201 e. The Morgan fingerprint density at radius 3 is 2.37 bits per heavy atom. The van der Waals surface area contributed by atoms with Crippen LogP contribution in [-0.2, 0) is 9.84 Å². The van der Waals surface area contributed by atoms with E-state index in [1.807, 2.05) is 0 Å². The number of anilines is 1. The Hall–Kier alpha value is -3.71. The first-order chi connectivity index (χ1) is 18.2. The Balaban J connectivity index is 1.44. The van der Waals surface area contributed by atoms with Gasteiger partial charge in [-0.05, 0) is 37.8 Å². The largest absolute Gasteiger partial charge is 0.494 e. The van der Waals surface area contributed by atoms with Crippen LogP contribution >= 0.6 is 0 Å². The lowest BCUT2D eigenvalue weighted by Gasteiger charge is -2.30. The number of nitrogens with one attached hydrogen (secondary N) is 1. The zero-order chi connectivity index (χ0) is 26.8. The molecule has 0 saturated carbocycles. The van der Waals surface area contributed by atoms with E-state index in [2.05, 4.69) is 20.4 Å². The van der Waals surface area contributed by atoms with E-state index in [0.717, 1.165) is 31.9 Å².